The quantitative estimate of drug-likeness (QED) is 0.593. The molecule has 0 saturated carbocycles. The molecule has 4 nitrogen and oxygen atoms in total. The van der Waals surface area contributed by atoms with Crippen molar-refractivity contribution in [3.63, 3.8) is 0 Å². The highest BCUT2D eigenvalue weighted by Gasteiger charge is 1.90. The number of nitrogens with one attached hydrogen (secondary N) is 1. The van der Waals surface area contributed by atoms with Gasteiger partial charge in [0.15, 0.2) is 0 Å². The van der Waals surface area contributed by atoms with Crippen LogP contribution in [-0.2, 0) is 6.54 Å². The number of hydrogen-bond acceptors (Lipinski definition) is 3. The molecule has 0 unspecified atom stereocenters. The molecule has 0 amide bonds. The fourth-order valence-electron chi connectivity index (χ4n) is 1.15. The summed E-state index contributed by atoms with van der Waals surface area (Å²) >= 11 is 0. The Kier molecular flexibility index (Phi) is 5.20. The summed E-state index contributed by atoms with van der Waals surface area (Å²) in [5.74, 6) is 0. The highest BCUT2D eigenvalue weighted by molar-refractivity contribution is 4.77. The molecule has 0 saturated heterocycles. The van der Waals surface area contributed by atoms with Crippen molar-refractivity contribution in [1.29, 1.82) is 0 Å². The van der Waals surface area contributed by atoms with Gasteiger partial charge in [-0.2, -0.15) is 5.10 Å². The van der Waals surface area contributed by atoms with Gasteiger partial charge >= 0.3 is 0 Å². The molecule has 0 atom stereocenters. The van der Waals surface area contributed by atoms with E-state index in [0.717, 1.165) is 39.0 Å². The van der Waals surface area contributed by atoms with E-state index >= 15 is 0 Å². The molecule has 0 aliphatic carbocycles. The fourth-order valence-corrected chi connectivity index (χ4v) is 1.15. The largest absolute Gasteiger partial charge is 0.330 e. The molecule has 74 valence electrons. The highest BCUT2D eigenvalue weighted by Crippen LogP contribution is 1.87. The van der Waals surface area contributed by atoms with Gasteiger partial charge in [-0.25, -0.2) is 0 Å². The average Bonchev–Trinajstić information content (AvgIpc) is 2.63. The summed E-state index contributed by atoms with van der Waals surface area (Å²) in [5.41, 5.74) is 5.37. The molecular weight excluding hydrogens is 164 g/mol. The van der Waals surface area contributed by atoms with Gasteiger partial charge in [0.1, 0.15) is 0 Å². The van der Waals surface area contributed by atoms with Gasteiger partial charge in [0.25, 0.3) is 0 Å². The normalized spacial score (nSPS) is 10.5. The Morgan fingerprint density at radius 1 is 1.31 bits per heavy atom. The second-order valence-corrected chi connectivity index (χ2v) is 3.01. The maximum Gasteiger partial charge on any atom is 0.0489 e. The lowest BCUT2D eigenvalue weighted by molar-refractivity contribution is 0.540. The number of nitrogens with two attached hydrogens (primary N) is 1. The van der Waals surface area contributed by atoms with Crippen LogP contribution in [0.25, 0.3) is 0 Å². The molecule has 0 spiro atoms. The van der Waals surface area contributed by atoms with Crippen LogP contribution in [0, 0.1) is 0 Å². The van der Waals surface area contributed by atoms with Crippen molar-refractivity contribution in [1.82, 2.24) is 15.1 Å². The van der Waals surface area contributed by atoms with Gasteiger partial charge in [-0.15, -0.1) is 0 Å². The average molecular weight is 182 g/mol. The summed E-state index contributed by atoms with van der Waals surface area (Å²) in [4.78, 5) is 0. The Labute approximate surface area is 79.1 Å². The lowest BCUT2D eigenvalue weighted by atomic mass is 10.4. The van der Waals surface area contributed by atoms with Crippen LogP contribution in [0.1, 0.15) is 12.8 Å². The predicted molar refractivity (Wildman–Crippen MR) is 53.4 cm³/mol. The third-order valence-electron chi connectivity index (χ3n) is 1.86. The van der Waals surface area contributed by atoms with Crippen LogP contribution in [0.4, 0.5) is 0 Å². The molecule has 1 aromatic rings. The molecule has 1 heterocycles. The van der Waals surface area contributed by atoms with Gasteiger partial charge in [0, 0.05) is 18.9 Å². The summed E-state index contributed by atoms with van der Waals surface area (Å²) in [5, 5.41) is 7.45. The van der Waals surface area contributed by atoms with Crippen LogP contribution in [0.2, 0.25) is 0 Å². The number of hydrogen-bond donors (Lipinski definition) is 2. The summed E-state index contributed by atoms with van der Waals surface area (Å²) in [6.07, 6.45) is 5.97. The lowest BCUT2D eigenvalue weighted by Gasteiger charge is -2.03. The van der Waals surface area contributed by atoms with Crippen molar-refractivity contribution in [3.05, 3.63) is 18.5 Å². The van der Waals surface area contributed by atoms with Gasteiger partial charge in [0.05, 0.1) is 0 Å². The standard InChI is InChI=1S/C9H18N4/c10-4-1-5-11-6-2-8-13-9-3-7-12-13/h3,7,9,11H,1-2,4-6,8,10H2. The molecule has 1 aromatic heterocycles. The first kappa shape index (κ1) is 10.2. The smallest absolute Gasteiger partial charge is 0.0489 e. The Morgan fingerprint density at radius 3 is 2.85 bits per heavy atom. The molecule has 4 heteroatoms. The SMILES string of the molecule is NCCCNCCCn1cccn1. The zero-order chi connectivity index (χ0) is 9.36. The molecule has 0 radical (unpaired) electrons. The first-order valence-corrected chi connectivity index (χ1v) is 4.81. The Bertz CT molecular complexity index is 195. The van der Waals surface area contributed by atoms with Crippen LogP contribution in [0.3, 0.4) is 0 Å². The van der Waals surface area contributed by atoms with E-state index in [-0.39, 0.29) is 0 Å². The van der Waals surface area contributed by atoms with E-state index in [2.05, 4.69) is 10.4 Å². The van der Waals surface area contributed by atoms with Crippen molar-refractivity contribution in [2.24, 2.45) is 5.73 Å². The van der Waals surface area contributed by atoms with E-state index in [1.807, 2.05) is 23.1 Å². The van der Waals surface area contributed by atoms with Gasteiger partial charge in [-0.05, 0) is 38.5 Å². The topological polar surface area (TPSA) is 55.9 Å². The Hall–Kier alpha value is -0.870. The Balaban J connectivity index is 1.90. The Morgan fingerprint density at radius 2 is 2.15 bits per heavy atom. The summed E-state index contributed by atoms with van der Waals surface area (Å²) in [6, 6.07) is 1.95. The van der Waals surface area contributed by atoms with Crippen LogP contribution < -0.4 is 11.1 Å². The molecule has 0 bridgehead atoms. The number of aromatic nitrogens is 2. The third-order valence-corrected chi connectivity index (χ3v) is 1.86. The zero-order valence-corrected chi connectivity index (χ0v) is 7.95. The van der Waals surface area contributed by atoms with E-state index in [9.17, 15) is 0 Å². The van der Waals surface area contributed by atoms with Gasteiger partial charge in [-0.3, -0.25) is 4.68 Å². The maximum absolute atomic E-state index is 5.37. The number of aryl methyl sites for hydroxylation is 1. The maximum atomic E-state index is 5.37. The first-order valence-electron chi connectivity index (χ1n) is 4.81. The van der Waals surface area contributed by atoms with Crippen LogP contribution in [-0.4, -0.2) is 29.4 Å². The van der Waals surface area contributed by atoms with Crippen molar-refractivity contribution in [2.75, 3.05) is 19.6 Å². The second kappa shape index (κ2) is 6.62. The first-order chi connectivity index (χ1) is 6.43. The molecule has 1 rings (SSSR count). The highest BCUT2D eigenvalue weighted by atomic mass is 15.3. The van der Waals surface area contributed by atoms with E-state index in [4.69, 9.17) is 5.73 Å². The number of nitrogens with zero attached hydrogens (tertiary/aromatic N) is 2. The lowest BCUT2D eigenvalue weighted by Crippen LogP contribution is -2.20. The van der Waals surface area contributed by atoms with E-state index in [0.29, 0.717) is 0 Å². The van der Waals surface area contributed by atoms with Gasteiger partial charge < -0.3 is 11.1 Å². The van der Waals surface area contributed by atoms with Crippen molar-refractivity contribution in [3.8, 4) is 0 Å². The van der Waals surface area contributed by atoms with Crippen LogP contribution in [0.5, 0.6) is 0 Å². The monoisotopic (exact) mass is 182 g/mol. The minimum atomic E-state index is 0.770. The summed E-state index contributed by atoms with van der Waals surface area (Å²) in [7, 11) is 0. The van der Waals surface area contributed by atoms with E-state index in [1.165, 1.54) is 0 Å². The molecule has 3 N–H and O–H groups in total. The van der Waals surface area contributed by atoms with Crippen molar-refractivity contribution < 1.29 is 0 Å². The fraction of sp³-hybridized carbons (Fsp3) is 0.667. The summed E-state index contributed by atoms with van der Waals surface area (Å²) < 4.78 is 1.95. The minimum Gasteiger partial charge on any atom is -0.330 e. The second-order valence-electron chi connectivity index (χ2n) is 3.01. The molecule has 0 aliphatic rings. The third kappa shape index (κ3) is 4.65. The number of rotatable bonds is 7. The van der Waals surface area contributed by atoms with E-state index in [1.54, 1.807) is 0 Å². The van der Waals surface area contributed by atoms with Gasteiger partial charge in [0.2, 0.25) is 0 Å². The minimum absolute atomic E-state index is 0.770. The van der Waals surface area contributed by atoms with Crippen LogP contribution in [0.15, 0.2) is 18.5 Å². The van der Waals surface area contributed by atoms with Gasteiger partial charge in [-0.1, -0.05) is 0 Å². The van der Waals surface area contributed by atoms with Crippen molar-refractivity contribution in [2.45, 2.75) is 19.4 Å². The molecule has 13 heavy (non-hydrogen) atoms. The summed E-state index contributed by atoms with van der Waals surface area (Å²) in [6.45, 7) is 3.82. The molecule has 0 aliphatic heterocycles. The van der Waals surface area contributed by atoms with Crippen molar-refractivity contribution >= 4 is 0 Å². The molecule has 0 aromatic carbocycles. The zero-order valence-electron chi connectivity index (χ0n) is 7.95. The predicted octanol–water partition coefficient (Wildman–Crippen LogP) is 0.212. The van der Waals surface area contributed by atoms with E-state index < -0.39 is 0 Å². The van der Waals surface area contributed by atoms with Crippen LogP contribution >= 0.6 is 0 Å². The molecular formula is C9H18N4. The molecule has 0 fully saturated rings.